The molecule has 1 aromatic rings. The molecule has 0 aliphatic heterocycles. The molecular weight excluding hydrogens is 214 g/mol. The third-order valence-corrected chi connectivity index (χ3v) is 2.61. The zero-order valence-electron chi connectivity index (χ0n) is 8.89. The maximum Gasteiger partial charge on any atom is 0.274 e. The molecule has 4 nitrogen and oxygen atoms in total. The van der Waals surface area contributed by atoms with Crippen molar-refractivity contribution >= 4 is 17.7 Å². The average molecular weight is 227 g/mol. The summed E-state index contributed by atoms with van der Waals surface area (Å²) in [5, 5.41) is 10.8. The number of nitrogens with zero attached hydrogens (tertiary/aromatic N) is 1. The average Bonchev–Trinajstić information content (AvgIpc) is 2.17. The molecule has 1 rings (SSSR count). The highest BCUT2D eigenvalue weighted by atomic mass is 32.2. The summed E-state index contributed by atoms with van der Waals surface area (Å²) in [6.45, 7) is 3.87. The van der Waals surface area contributed by atoms with Crippen molar-refractivity contribution in [3.05, 3.63) is 33.9 Å². The van der Waals surface area contributed by atoms with E-state index in [2.05, 4.69) is 0 Å². The van der Waals surface area contributed by atoms with E-state index in [0.717, 1.165) is 22.5 Å². The Morgan fingerprint density at radius 3 is 2.60 bits per heavy atom. The second-order valence-electron chi connectivity index (χ2n) is 3.38. The van der Waals surface area contributed by atoms with E-state index < -0.39 is 0 Å². The second kappa shape index (κ2) is 5.14. The second-order valence-corrected chi connectivity index (χ2v) is 4.35. The molecule has 0 aliphatic carbocycles. The maximum absolute atomic E-state index is 10.8. The molecule has 0 fully saturated rings. The van der Waals surface area contributed by atoms with Crippen molar-refractivity contribution in [2.24, 2.45) is 0 Å². The van der Waals surface area contributed by atoms with Crippen LogP contribution in [-0.2, 0) is 4.18 Å². The van der Waals surface area contributed by atoms with Crippen LogP contribution in [0, 0.1) is 10.1 Å². The lowest BCUT2D eigenvalue weighted by molar-refractivity contribution is -0.385. The molecule has 0 amide bonds. The van der Waals surface area contributed by atoms with E-state index in [0.29, 0.717) is 0 Å². The van der Waals surface area contributed by atoms with Crippen molar-refractivity contribution in [3.8, 4) is 0 Å². The molecule has 0 atom stereocenters. The Kier molecular flexibility index (Phi) is 4.11. The predicted octanol–water partition coefficient (Wildman–Crippen LogP) is 3.37. The van der Waals surface area contributed by atoms with Gasteiger partial charge in [-0.2, -0.15) is 0 Å². The summed E-state index contributed by atoms with van der Waals surface area (Å²) in [6.07, 6.45) is 0. The van der Waals surface area contributed by atoms with Crippen molar-refractivity contribution < 1.29 is 9.11 Å². The summed E-state index contributed by atoms with van der Waals surface area (Å²) in [5.41, 5.74) is 0.910. The van der Waals surface area contributed by atoms with E-state index in [1.165, 1.54) is 7.11 Å². The van der Waals surface area contributed by atoms with E-state index in [1.807, 2.05) is 19.9 Å². The minimum absolute atomic E-state index is 0.145. The molecule has 0 saturated carbocycles. The molecule has 5 heteroatoms. The van der Waals surface area contributed by atoms with Crippen LogP contribution in [0.4, 0.5) is 5.69 Å². The van der Waals surface area contributed by atoms with Crippen molar-refractivity contribution in [2.75, 3.05) is 7.11 Å². The molecule has 0 radical (unpaired) electrons. The van der Waals surface area contributed by atoms with Gasteiger partial charge in [0.1, 0.15) is 0 Å². The van der Waals surface area contributed by atoms with Crippen LogP contribution in [0.5, 0.6) is 0 Å². The number of nitro benzene ring substituents is 1. The molecule has 0 saturated heterocycles. The van der Waals surface area contributed by atoms with Crippen molar-refractivity contribution in [3.63, 3.8) is 0 Å². The van der Waals surface area contributed by atoms with E-state index >= 15 is 0 Å². The summed E-state index contributed by atoms with van der Waals surface area (Å²) < 4.78 is 4.86. The zero-order chi connectivity index (χ0) is 11.4. The van der Waals surface area contributed by atoms with Crippen LogP contribution in [0.3, 0.4) is 0 Å². The van der Waals surface area contributed by atoms with Gasteiger partial charge in [-0.05, 0) is 12.0 Å². The molecule has 82 valence electrons. The molecule has 0 spiro atoms. The monoisotopic (exact) mass is 227 g/mol. The zero-order valence-corrected chi connectivity index (χ0v) is 9.71. The first kappa shape index (κ1) is 12.0. The molecule has 0 N–H and O–H groups in total. The summed E-state index contributed by atoms with van der Waals surface area (Å²) in [5.74, 6) is 0.145. The van der Waals surface area contributed by atoms with Crippen molar-refractivity contribution in [2.45, 2.75) is 24.7 Å². The van der Waals surface area contributed by atoms with Gasteiger partial charge in [0.05, 0.1) is 12.0 Å². The van der Waals surface area contributed by atoms with Gasteiger partial charge in [-0.3, -0.25) is 10.1 Å². The number of benzene rings is 1. The Hall–Kier alpha value is -1.07. The molecule has 15 heavy (non-hydrogen) atoms. The minimum atomic E-state index is -0.352. The third kappa shape index (κ3) is 2.94. The van der Waals surface area contributed by atoms with Crippen molar-refractivity contribution in [1.82, 2.24) is 0 Å². The highest BCUT2D eigenvalue weighted by Gasteiger charge is 2.17. The lowest BCUT2D eigenvalue weighted by atomic mass is 10.0. The highest BCUT2D eigenvalue weighted by molar-refractivity contribution is 7.94. The first-order chi connectivity index (χ1) is 7.06. The molecular formula is C10H13NO3S. The summed E-state index contributed by atoms with van der Waals surface area (Å²) >= 11 is 1.12. The Balaban J connectivity index is 3.15. The van der Waals surface area contributed by atoms with Crippen LogP contribution in [0.25, 0.3) is 0 Å². The smallest absolute Gasteiger partial charge is 0.274 e. The van der Waals surface area contributed by atoms with Gasteiger partial charge in [-0.15, -0.1) is 0 Å². The molecule has 0 aromatic heterocycles. The van der Waals surface area contributed by atoms with Gasteiger partial charge in [-0.25, -0.2) is 0 Å². The fraction of sp³-hybridized carbons (Fsp3) is 0.400. The summed E-state index contributed by atoms with van der Waals surface area (Å²) in [6, 6.07) is 5.16. The number of rotatable bonds is 4. The van der Waals surface area contributed by atoms with Crippen LogP contribution < -0.4 is 0 Å². The van der Waals surface area contributed by atoms with Gasteiger partial charge in [0.2, 0.25) is 0 Å². The molecule has 0 heterocycles. The first-order valence-corrected chi connectivity index (χ1v) is 5.29. The number of hydrogen-bond donors (Lipinski definition) is 0. The lowest BCUT2D eigenvalue weighted by Gasteiger charge is -2.07. The van der Waals surface area contributed by atoms with Crippen LogP contribution in [0.1, 0.15) is 25.3 Å². The highest BCUT2D eigenvalue weighted by Crippen LogP contribution is 2.30. The fourth-order valence-electron chi connectivity index (χ4n) is 1.32. The third-order valence-electron chi connectivity index (χ3n) is 2.00. The van der Waals surface area contributed by atoms with E-state index in [1.54, 1.807) is 12.1 Å². The molecule has 0 unspecified atom stereocenters. The van der Waals surface area contributed by atoms with Crippen molar-refractivity contribution in [1.29, 1.82) is 0 Å². The summed E-state index contributed by atoms with van der Waals surface area (Å²) in [4.78, 5) is 11.2. The lowest BCUT2D eigenvalue weighted by Crippen LogP contribution is -1.97. The van der Waals surface area contributed by atoms with E-state index in [-0.39, 0.29) is 16.5 Å². The van der Waals surface area contributed by atoms with Gasteiger partial charge in [0.15, 0.2) is 0 Å². The van der Waals surface area contributed by atoms with Gasteiger partial charge in [-0.1, -0.05) is 19.9 Å². The molecule has 0 bridgehead atoms. The van der Waals surface area contributed by atoms with Gasteiger partial charge < -0.3 is 4.18 Å². The molecule has 1 aromatic carbocycles. The normalized spacial score (nSPS) is 10.7. The van der Waals surface area contributed by atoms with Gasteiger partial charge in [0, 0.05) is 28.6 Å². The predicted molar refractivity (Wildman–Crippen MR) is 60.1 cm³/mol. The Labute approximate surface area is 93.0 Å². The largest absolute Gasteiger partial charge is 0.314 e. The Morgan fingerprint density at radius 2 is 2.13 bits per heavy atom. The topological polar surface area (TPSA) is 52.4 Å². The Bertz CT molecular complexity index is 366. The van der Waals surface area contributed by atoms with Gasteiger partial charge in [0.25, 0.3) is 5.69 Å². The van der Waals surface area contributed by atoms with Crippen LogP contribution in [-0.4, -0.2) is 12.0 Å². The van der Waals surface area contributed by atoms with E-state index in [9.17, 15) is 10.1 Å². The molecule has 0 aliphatic rings. The fourth-order valence-corrected chi connectivity index (χ4v) is 1.79. The first-order valence-electron chi connectivity index (χ1n) is 4.55. The SMILES string of the molecule is COSc1ccc(C(C)C)c([N+](=O)[O-])c1. The van der Waals surface area contributed by atoms with Gasteiger partial charge >= 0.3 is 0 Å². The van der Waals surface area contributed by atoms with Crippen LogP contribution >= 0.6 is 12.0 Å². The number of hydrogen-bond acceptors (Lipinski definition) is 4. The van der Waals surface area contributed by atoms with Crippen LogP contribution in [0.2, 0.25) is 0 Å². The van der Waals surface area contributed by atoms with Crippen LogP contribution in [0.15, 0.2) is 23.1 Å². The minimum Gasteiger partial charge on any atom is -0.314 e. The maximum atomic E-state index is 10.8. The summed E-state index contributed by atoms with van der Waals surface area (Å²) in [7, 11) is 1.53. The quantitative estimate of drug-likeness (QED) is 0.449. The van der Waals surface area contributed by atoms with E-state index in [4.69, 9.17) is 4.18 Å². The number of nitro groups is 1. The Morgan fingerprint density at radius 1 is 1.47 bits per heavy atom. The standard InChI is InChI=1S/C10H13NO3S/c1-7(2)9-5-4-8(15-14-3)6-10(9)11(12)13/h4-7H,1-3H3.